The van der Waals surface area contributed by atoms with Crippen LogP contribution < -0.4 is 4.90 Å². The van der Waals surface area contributed by atoms with E-state index in [4.69, 9.17) is 6.42 Å². The summed E-state index contributed by atoms with van der Waals surface area (Å²) in [6, 6.07) is 5.75. The third-order valence-corrected chi connectivity index (χ3v) is 3.77. The average molecular weight is 304 g/mol. The van der Waals surface area contributed by atoms with Gasteiger partial charge in [-0.15, -0.1) is 12.3 Å². The van der Waals surface area contributed by atoms with E-state index in [1.165, 1.54) is 0 Å². The molecule has 1 aromatic carbocycles. The van der Waals surface area contributed by atoms with Crippen LogP contribution in [0, 0.1) is 18.3 Å². The predicted octanol–water partition coefficient (Wildman–Crippen LogP) is 2.31. The summed E-state index contributed by atoms with van der Waals surface area (Å²) in [4.78, 5) is 13.6. The van der Waals surface area contributed by atoms with Crippen molar-refractivity contribution in [1.82, 2.24) is 10.2 Å². The Morgan fingerprint density at radius 1 is 1.56 bits per heavy atom. The van der Waals surface area contributed by atoms with Crippen LogP contribution in [0.4, 0.5) is 5.69 Å². The van der Waals surface area contributed by atoms with Gasteiger partial charge in [0.1, 0.15) is 4.60 Å². The predicted molar refractivity (Wildman–Crippen MR) is 73.1 cm³/mol. The number of carbonyl (C=O) groups is 1. The van der Waals surface area contributed by atoms with Gasteiger partial charge in [-0.25, -0.2) is 0 Å². The number of anilines is 1. The summed E-state index contributed by atoms with van der Waals surface area (Å²) >= 11 is 3.38. The lowest BCUT2D eigenvalue weighted by atomic mass is 10.1. The van der Waals surface area contributed by atoms with Crippen LogP contribution in [0.25, 0.3) is 10.9 Å². The average Bonchev–Trinajstić information content (AvgIpc) is 2.93. The smallest absolute Gasteiger partial charge is 0.228 e. The van der Waals surface area contributed by atoms with Crippen molar-refractivity contribution in [3.63, 3.8) is 0 Å². The highest BCUT2D eigenvalue weighted by atomic mass is 79.9. The van der Waals surface area contributed by atoms with Gasteiger partial charge < -0.3 is 4.90 Å². The maximum Gasteiger partial charge on any atom is 0.228 e. The quantitative estimate of drug-likeness (QED) is 0.822. The third-order valence-electron chi connectivity index (χ3n) is 3.16. The third kappa shape index (κ3) is 1.70. The maximum atomic E-state index is 11.9. The van der Waals surface area contributed by atoms with Crippen molar-refractivity contribution in [1.29, 1.82) is 0 Å². The van der Waals surface area contributed by atoms with Gasteiger partial charge in [-0.2, -0.15) is 5.10 Å². The first-order valence-corrected chi connectivity index (χ1v) is 6.38. The topological polar surface area (TPSA) is 49.0 Å². The number of terminal acetylenes is 1. The van der Waals surface area contributed by atoms with E-state index < -0.39 is 0 Å². The van der Waals surface area contributed by atoms with E-state index in [1.54, 1.807) is 4.90 Å². The Kier molecular flexibility index (Phi) is 2.60. The Morgan fingerprint density at radius 2 is 2.39 bits per heavy atom. The minimum atomic E-state index is 0.0131. The first-order valence-electron chi connectivity index (χ1n) is 5.59. The molecule has 2 aromatic rings. The van der Waals surface area contributed by atoms with Crippen LogP contribution >= 0.6 is 15.9 Å². The van der Waals surface area contributed by atoms with Gasteiger partial charge in [0, 0.05) is 30.0 Å². The van der Waals surface area contributed by atoms with Gasteiger partial charge >= 0.3 is 0 Å². The van der Waals surface area contributed by atoms with Crippen LogP contribution in [-0.4, -0.2) is 22.6 Å². The number of H-pyrrole nitrogens is 1. The summed E-state index contributed by atoms with van der Waals surface area (Å²) in [6.45, 7) is 0.590. The molecule has 1 saturated heterocycles. The van der Waals surface area contributed by atoms with Gasteiger partial charge in [0.2, 0.25) is 5.91 Å². The van der Waals surface area contributed by atoms with Crippen LogP contribution in [0.2, 0.25) is 0 Å². The molecule has 0 saturated carbocycles. The first kappa shape index (κ1) is 11.3. The molecule has 1 N–H and O–H groups in total. The summed E-state index contributed by atoms with van der Waals surface area (Å²) in [7, 11) is 0. The molecule has 18 heavy (non-hydrogen) atoms. The van der Waals surface area contributed by atoms with Gasteiger partial charge in [-0.3, -0.25) is 9.89 Å². The summed E-state index contributed by atoms with van der Waals surface area (Å²) in [5.41, 5.74) is 1.68. The number of hydrogen-bond donors (Lipinski definition) is 1. The molecule has 5 heteroatoms. The number of halogens is 1. The molecule has 4 nitrogen and oxygen atoms in total. The number of benzene rings is 1. The number of aromatic nitrogens is 2. The van der Waals surface area contributed by atoms with E-state index in [1.807, 2.05) is 18.2 Å². The fraction of sp³-hybridized carbons (Fsp3) is 0.231. The van der Waals surface area contributed by atoms with Gasteiger partial charge in [-0.05, 0) is 34.1 Å². The van der Waals surface area contributed by atoms with Crippen molar-refractivity contribution < 1.29 is 4.79 Å². The Hall–Kier alpha value is -1.80. The van der Waals surface area contributed by atoms with E-state index in [-0.39, 0.29) is 11.8 Å². The van der Waals surface area contributed by atoms with Crippen molar-refractivity contribution in [2.75, 3.05) is 11.4 Å². The molecule has 2 heterocycles. The first-order chi connectivity index (χ1) is 8.69. The molecule has 1 fully saturated rings. The van der Waals surface area contributed by atoms with Crippen molar-refractivity contribution in [3.8, 4) is 12.3 Å². The SMILES string of the molecule is C#CC1CC(=O)N(c2ccc3c(Br)[nH]nc3c2)C1. The second-order valence-corrected chi connectivity index (χ2v) is 5.10. The highest BCUT2D eigenvalue weighted by molar-refractivity contribution is 9.10. The maximum absolute atomic E-state index is 11.9. The summed E-state index contributed by atoms with van der Waals surface area (Å²) in [5.74, 6) is 2.73. The van der Waals surface area contributed by atoms with E-state index in [0.717, 1.165) is 21.2 Å². The van der Waals surface area contributed by atoms with Gasteiger partial charge in [0.15, 0.2) is 0 Å². The highest BCUT2D eigenvalue weighted by Gasteiger charge is 2.29. The second kappa shape index (κ2) is 4.14. The largest absolute Gasteiger partial charge is 0.311 e. The van der Waals surface area contributed by atoms with Crippen LogP contribution in [0.3, 0.4) is 0 Å². The number of amides is 1. The Labute approximate surface area is 112 Å². The second-order valence-electron chi connectivity index (χ2n) is 4.31. The molecular weight excluding hydrogens is 294 g/mol. The van der Waals surface area contributed by atoms with Crippen molar-refractivity contribution in [3.05, 3.63) is 22.8 Å². The minimum Gasteiger partial charge on any atom is -0.311 e. The van der Waals surface area contributed by atoms with Crippen LogP contribution in [0.15, 0.2) is 22.8 Å². The Morgan fingerprint density at radius 3 is 3.11 bits per heavy atom. The summed E-state index contributed by atoms with van der Waals surface area (Å²) in [5, 5.41) is 8.02. The zero-order valence-corrected chi connectivity index (χ0v) is 11.1. The number of fused-ring (bicyclic) bond motifs is 1. The molecule has 1 unspecified atom stereocenters. The van der Waals surface area contributed by atoms with Crippen molar-refractivity contribution in [2.24, 2.45) is 5.92 Å². The van der Waals surface area contributed by atoms with Gasteiger partial charge in [0.05, 0.1) is 5.52 Å². The van der Waals surface area contributed by atoms with E-state index >= 15 is 0 Å². The number of hydrogen-bond acceptors (Lipinski definition) is 2. The fourth-order valence-corrected chi connectivity index (χ4v) is 2.63. The number of nitrogens with zero attached hydrogens (tertiary/aromatic N) is 2. The molecule has 1 aliphatic heterocycles. The molecule has 0 spiro atoms. The standard InChI is InChI=1S/C13H10BrN3O/c1-2-8-5-12(18)17(7-8)9-3-4-10-11(6-9)15-16-13(10)14/h1,3-4,6,8H,5,7H2,(H,15,16). The number of aromatic amines is 1. The summed E-state index contributed by atoms with van der Waals surface area (Å²) in [6.07, 6.45) is 5.81. The number of rotatable bonds is 1. The molecule has 0 bridgehead atoms. The molecular formula is C13H10BrN3O. The van der Waals surface area contributed by atoms with Crippen molar-refractivity contribution in [2.45, 2.75) is 6.42 Å². The molecule has 1 aromatic heterocycles. The molecule has 0 aliphatic carbocycles. The van der Waals surface area contributed by atoms with Crippen LogP contribution in [0.5, 0.6) is 0 Å². The highest BCUT2D eigenvalue weighted by Crippen LogP contribution is 2.29. The zero-order valence-electron chi connectivity index (χ0n) is 9.48. The summed E-state index contributed by atoms with van der Waals surface area (Å²) < 4.78 is 0.846. The molecule has 1 amide bonds. The van der Waals surface area contributed by atoms with E-state index in [0.29, 0.717) is 13.0 Å². The van der Waals surface area contributed by atoms with E-state index in [2.05, 4.69) is 32.0 Å². The minimum absolute atomic E-state index is 0.0131. The Bertz CT molecular complexity index is 670. The van der Waals surface area contributed by atoms with Crippen LogP contribution in [0.1, 0.15) is 6.42 Å². The molecule has 3 rings (SSSR count). The lowest BCUT2D eigenvalue weighted by molar-refractivity contribution is -0.117. The monoisotopic (exact) mass is 303 g/mol. The molecule has 1 aliphatic rings. The zero-order chi connectivity index (χ0) is 12.7. The number of nitrogens with one attached hydrogen (secondary N) is 1. The Balaban J connectivity index is 2.00. The molecule has 0 radical (unpaired) electrons. The van der Waals surface area contributed by atoms with Crippen LogP contribution in [-0.2, 0) is 4.79 Å². The van der Waals surface area contributed by atoms with Crippen molar-refractivity contribution >= 4 is 38.4 Å². The van der Waals surface area contributed by atoms with Gasteiger partial charge in [-0.1, -0.05) is 0 Å². The normalized spacial score (nSPS) is 19.4. The van der Waals surface area contributed by atoms with E-state index in [9.17, 15) is 4.79 Å². The fourth-order valence-electron chi connectivity index (χ4n) is 2.20. The lowest BCUT2D eigenvalue weighted by Gasteiger charge is -2.15. The molecule has 90 valence electrons. The van der Waals surface area contributed by atoms with Gasteiger partial charge in [0.25, 0.3) is 0 Å². The molecule has 1 atom stereocenters. The number of carbonyl (C=O) groups excluding carboxylic acids is 1. The lowest BCUT2D eigenvalue weighted by Crippen LogP contribution is -2.24.